The van der Waals surface area contributed by atoms with Gasteiger partial charge < -0.3 is 10.4 Å². The summed E-state index contributed by atoms with van der Waals surface area (Å²) >= 11 is 0. The van der Waals surface area contributed by atoms with Crippen molar-refractivity contribution in [3.05, 3.63) is 58.8 Å². The Labute approximate surface area is 107 Å². The van der Waals surface area contributed by atoms with Gasteiger partial charge in [0.05, 0.1) is 0 Å². The average Bonchev–Trinajstić information content (AvgIpc) is 2.86. The van der Waals surface area contributed by atoms with Crippen LogP contribution in [0.3, 0.4) is 0 Å². The van der Waals surface area contributed by atoms with E-state index in [-0.39, 0.29) is 0 Å². The van der Waals surface area contributed by atoms with Crippen LogP contribution in [0.5, 0.6) is 0 Å². The van der Waals surface area contributed by atoms with Gasteiger partial charge in [0.25, 0.3) is 0 Å². The van der Waals surface area contributed by atoms with Crippen LogP contribution in [0.15, 0.2) is 36.5 Å². The third kappa shape index (κ3) is 1.97. The molecule has 2 aromatic rings. The molecule has 0 aliphatic carbocycles. The number of aliphatic hydroxyl groups excluding tert-OH is 1. The van der Waals surface area contributed by atoms with Crippen LogP contribution in [0.25, 0.3) is 0 Å². The molecule has 1 aromatic carbocycles. The molecule has 18 heavy (non-hydrogen) atoms. The van der Waals surface area contributed by atoms with Gasteiger partial charge in [-0.3, -0.25) is 0 Å². The van der Waals surface area contributed by atoms with E-state index in [0.717, 1.165) is 29.9 Å². The maximum atomic E-state index is 10.4. The number of nitrogens with zero attached hydrogens (tertiary/aromatic N) is 1. The Balaban J connectivity index is 1.92. The summed E-state index contributed by atoms with van der Waals surface area (Å²) in [5, 5.41) is 13.6. The zero-order valence-corrected chi connectivity index (χ0v) is 10.4. The van der Waals surface area contributed by atoms with Crippen molar-refractivity contribution >= 4 is 5.82 Å². The van der Waals surface area contributed by atoms with Crippen molar-refractivity contribution in [3.63, 3.8) is 0 Å². The van der Waals surface area contributed by atoms with Crippen LogP contribution in [0, 0.1) is 6.92 Å². The van der Waals surface area contributed by atoms with Crippen molar-refractivity contribution in [1.29, 1.82) is 0 Å². The highest BCUT2D eigenvalue weighted by atomic mass is 16.3. The first kappa shape index (κ1) is 11.2. The standard InChI is InChI=1S/C15H16N2O/c1-10-2-4-11(5-3-10)14(18)13-8-12-6-7-16-15(12)17-9-13/h2-5,8-9,14,18H,6-7H2,1H3,(H,16,17)/t14-/m1/s1. The molecule has 0 bridgehead atoms. The predicted molar refractivity (Wildman–Crippen MR) is 71.7 cm³/mol. The molecule has 1 aliphatic rings. The highest BCUT2D eigenvalue weighted by molar-refractivity contribution is 5.50. The maximum absolute atomic E-state index is 10.4. The van der Waals surface area contributed by atoms with Crippen molar-refractivity contribution in [3.8, 4) is 0 Å². The van der Waals surface area contributed by atoms with E-state index in [1.807, 2.05) is 37.3 Å². The summed E-state index contributed by atoms with van der Waals surface area (Å²) in [5.41, 5.74) is 4.16. The molecular weight excluding hydrogens is 224 g/mol. The molecule has 1 atom stereocenters. The number of anilines is 1. The lowest BCUT2D eigenvalue weighted by Crippen LogP contribution is -2.01. The van der Waals surface area contributed by atoms with Crippen LogP contribution < -0.4 is 5.32 Å². The highest BCUT2D eigenvalue weighted by Crippen LogP contribution is 2.26. The summed E-state index contributed by atoms with van der Waals surface area (Å²) < 4.78 is 0. The number of hydrogen-bond donors (Lipinski definition) is 2. The number of pyridine rings is 1. The number of hydrogen-bond acceptors (Lipinski definition) is 3. The summed E-state index contributed by atoms with van der Waals surface area (Å²) in [4.78, 5) is 4.35. The topological polar surface area (TPSA) is 45.2 Å². The van der Waals surface area contributed by atoms with Gasteiger partial charge in [0, 0.05) is 18.3 Å². The molecule has 0 radical (unpaired) electrons. The van der Waals surface area contributed by atoms with E-state index in [4.69, 9.17) is 0 Å². The van der Waals surface area contributed by atoms with Crippen LogP contribution in [0.2, 0.25) is 0 Å². The Morgan fingerprint density at radius 3 is 2.78 bits per heavy atom. The fourth-order valence-corrected chi connectivity index (χ4v) is 2.28. The predicted octanol–water partition coefficient (Wildman–Crippen LogP) is 2.44. The Bertz CT molecular complexity index is 563. The molecule has 2 N–H and O–H groups in total. The van der Waals surface area contributed by atoms with E-state index in [1.165, 1.54) is 11.1 Å². The maximum Gasteiger partial charge on any atom is 0.129 e. The van der Waals surface area contributed by atoms with E-state index in [2.05, 4.69) is 10.3 Å². The Hall–Kier alpha value is -1.87. The van der Waals surface area contributed by atoms with E-state index in [0.29, 0.717) is 0 Å². The van der Waals surface area contributed by atoms with Gasteiger partial charge in [0.2, 0.25) is 0 Å². The minimum absolute atomic E-state index is 0.594. The Kier molecular flexibility index (Phi) is 2.76. The van der Waals surface area contributed by atoms with Gasteiger partial charge in [-0.15, -0.1) is 0 Å². The summed E-state index contributed by atoms with van der Waals surface area (Å²) in [6.07, 6.45) is 2.14. The normalized spacial score (nSPS) is 15.0. The van der Waals surface area contributed by atoms with Gasteiger partial charge in [-0.1, -0.05) is 29.8 Å². The largest absolute Gasteiger partial charge is 0.384 e. The van der Waals surface area contributed by atoms with E-state index >= 15 is 0 Å². The van der Waals surface area contributed by atoms with Gasteiger partial charge in [0.15, 0.2) is 0 Å². The molecular formula is C15H16N2O. The molecule has 3 heteroatoms. The van der Waals surface area contributed by atoms with Crippen molar-refractivity contribution in [2.24, 2.45) is 0 Å². The summed E-state index contributed by atoms with van der Waals surface area (Å²) in [6, 6.07) is 10.0. The lowest BCUT2D eigenvalue weighted by atomic mass is 10.0. The summed E-state index contributed by atoms with van der Waals surface area (Å²) in [5.74, 6) is 0.954. The average molecular weight is 240 g/mol. The smallest absolute Gasteiger partial charge is 0.129 e. The van der Waals surface area contributed by atoms with Crippen molar-refractivity contribution in [1.82, 2.24) is 4.98 Å². The lowest BCUT2D eigenvalue weighted by molar-refractivity contribution is 0.220. The minimum atomic E-state index is -0.594. The molecule has 0 saturated carbocycles. The van der Waals surface area contributed by atoms with Crippen LogP contribution in [0.4, 0.5) is 5.82 Å². The molecule has 3 rings (SSSR count). The summed E-state index contributed by atoms with van der Waals surface area (Å²) in [7, 11) is 0. The molecule has 0 saturated heterocycles. The van der Waals surface area contributed by atoms with Gasteiger partial charge in [-0.25, -0.2) is 4.98 Å². The summed E-state index contributed by atoms with van der Waals surface area (Å²) in [6.45, 7) is 2.98. The molecule has 0 amide bonds. The van der Waals surface area contributed by atoms with Crippen molar-refractivity contribution < 1.29 is 5.11 Å². The molecule has 1 aliphatic heterocycles. The van der Waals surface area contributed by atoms with Crippen LogP contribution in [-0.2, 0) is 6.42 Å². The number of aromatic nitrogens is 1. The second-order valence-corrected chi connectivity index (χ2v) is 4.77. The number of nitrogens with one attached hydrogen (secondary N) is 1. The Morgan fingerprint density at radius 2 is 2.00 bits per heavy atom. The zero-order chi connectivity index (χ0) is 12.5. The fourth-order valence-electron chi connectivity index (χ4n) is 2.28. The minimum Gasteiger partial charge on any atom is -0.384 e. The Morgan fingerprint density at radius 1 is 1.22 bits per heavy atom. The van der Waals surface area contributed by atoms with Gasteiger partial charge in [-0.05, 0) is 30.5 Å². The van der Waals surface area contributed by atoms with Gasteiger partial charge >= 0.3 is 0 Å². The molecule has 0 fully saturated rings. The molecule has 1 aromatic heterocycles. The number of rotatable bonds is 2. The first-order chi connectivity index (χ1) is 8.74. The molecule has 3 nitrogen and oxygen atoms in total. The van der Waals surface area contributed by atoms with Crippen LogP contribution in [0.1, 0.15) is 28.4 Å². The van der Waals surface area contributed by atoms with E-state index < -0.39 is 6.10 Å². The number of aryl methyl sites for hydroxylation is 1. The first-order valence-corrected chi connectivity index (χ1v) is 6.21. The second kappa shape index (κ2) is 4.42. The first-order valence-electron chi connectivity index (χ1n) is 6.21. The van der Waals surface area contributed by atoms with E-state index in [1.54, 1.807) is 6.20 Å². The van der Waals surface area contributed by atoms with Crippen LogP contribution in [-0.4, -0.2) is 16.6 Å². The fraction of sp³-hybridized carbons (Fsp3) is 0.267. The second-order valence-electron chi connectivity index (χ2n) is 4.77. The van der Waals surface area contributed by atoms with Crippen LogP contribution >= 0.6 is 0 Å². The number of fused-ring (bicyclic) bond motifs is 1. The zero-order valence-electron chi connectivity index (χ0n) is 10.4. The molecule has 2 heterocycles. The van der Waals surface area contributed by atoms with E-state index in [9.17, 15) is 5.11 Å². The molecule has 92 valence electrons. The third-order valence-electron chi connectivity index (χ3n) is 3.38. The number of aliphatic hydroxyl groups is 1. The van der Waals surface area contributed by atoms with Gasteiger partial charge in [0.1, 0.15) is 11.9 Å². The SMILES string of the molecule is Cc1ccc([C@@H](O)c2cnc3c(c2)CCN3)cc1. The van der Waals surface area contributed by atoms with Crippen molar-refractivity contribution in [2.75, 3.05) is 11.9 Å². The quantitative estimate of drug-likeness (QED) is 0.847. The van der Waals surface area contributed by atoms with Crippen molar-refractivity contribution in [2.45, 2.75) is 19.4 Å². The monoisotopic (exact) mass is 240 g/mol. The lowest BCUT2D eigenvalue weighted by Gasteiger charge is -2.12. The third-order valence-corrected chi connectivity index (χ3v) is 3.38. The van der Waals surface area contributed by atoms with Gasteiger partial charge in [-0.2, -0.15) is 0 Å². The molecule has 0 spiro atoms. The highest BCUT2D eigenvalue weighted by Gasteiger charge is 2.16. The molecule has 0 unspecified atom stereocenters. The number of benzene rings is 1.